The molecule has 1 unspecified atom stereocenters. The molecule has 3 heteroatoms. The summed E-state index contributed by atoms with van der Waals surface area (Å²) < 4.78 is 5.38. The molecule has 0 saturated carbocycles. The standard InChI is InChI=1S/C7H13NO.BrH/c1-2-3-7-6-8-4-5-9-7;/h2,7-8H,1,3-6H2;1H. The van der Waals surface area contributed by atoms with Crippen molar-refractivity contribution in [2.75, 3.05) is 19.7 Å². The van der Waals surface area contributed by atoms with Gasteiger partial charge in [0.2, 0.25) is 0 Å². The molecule has 0 spiro atoms. The van der Waals surface area contributed by atoms with E-state index in [-0.39, 0.29) is 17.0 Å². The van der Waals surface area contributed by atoms with Gasteiger partial charge in [0.1, 0.15) is 0 Å². The largest absolute Gasteiger partial charge is 0.375 e. The number of ether oxygens (including phenoxy) is 1. The first kappa shape index (κ1) is 10.1. The third-order valence-corrected chi connectivity index (χ3v) is 1.43. The normalized spacial score (nSPS) is 25.0. The van der Waals surface area contributed by atoms with E-state index in [9.17, 15) is 0 Å². The fraction of sp³-hybridized carbons (Fsp3) is 0.714. The van der Waals surface area contributed by atoms with Gasteiger partial charge in [-0.05, 0) is 6.42 Å². The van der Waals surface area contributed by atoms with Crippen LogP contribution < -0.4 is 5.32 Å². The molecule has 0 aromatic heterocycles. The van der Waals surface area contributed by atoms with Crippen LogP contribution in [0.2, 0.25) is 0 Å². The van der Waals surface area contributed by atoms with Crippen molar-refractivity contribution in [2.45, 2.75) is 12.5 Å². The molecular weight excluding hydrogens is 194 g/mol. The minimum atomic E-state index is 0. The maximum absolute atomic E-state index is 5.38. The summed E-state index contributed by atoms with van der Waals surface area (Å²) in [7, 11) is 0. The van der Waals surface area contributed by atoms with Crippen LogP contribution in [0.15, 0.2) is 12.7 Å². The van der Waals surface area contributed by atoms with Crippen LogP contribution >= 0.6 is 17.0 Å². The Hall–Kier alpha value is 0.140. The molecule has 1 fully saturated rings. The van der Waals surface area contributed by atoms with Crippen molar-refractivity contribution < 1.29 is 4.74 Å². The Bertz CT molecular complexity index is 91.6. The molecule has 10 heavy (non-hydrogen) atoms. The lowest BCUT2D eigenvalue weighted by molar-refractivity contribution is 0.0309. The average molecular weight is 208 g/mol. The zero-order chi connectivity index (χ0) is 6.53. The van der Waals surface area contributed by atoms with Crippen molar-refractivity contribution in [2.24, 2.45) is 0 Å². The van der Waals surface area contributed by atoms with Crippen molar-refractivity contribution in [3.05, 3.63) is 12.7 Å². The van der Waals surface area contributed by atoms with Gasteiger partial charge in [-0.25, -0.2) is 0 Å². The first-order valence-corrected chi connectivity index (χ1v) is 3.36. The quantitative estimate of drug-likeness (QED) is 0.687. The Morgan fingerprint density at radius 3 is 3.00 bits per heavy atom. The summed E-state index contributed by atoms with van der Waals surface area (Å²) in [5.74, 6) is 0. The Kier molecular flexibility index (Phi) is 5.97. The van der Waals surface area contributed by atoms with Crippen LogP contribution in [0.4, 0.5) is 0 Å². The van der Waals surface area contributed by atoms with E-state index in [1.165, 1.54) is 0 Å². The van der Waals surface area contributed by atoms with E-state index in [4.69, 9.17) is 4.74 Å². The summed E-state index contributed by atoms with van der Waals surface area (Å²) in [6.07, 6.45) is 3.24. The van der Waals surface area contributed by atoms with Gasteiger partial charge in [-0.2, -0.15) is 0 Å². The van der Waals surface area contributed by atoms with Crippen molar-refractivity contribution in [3.8, 4) is 0 Å². The first-order valence-electron chi connectivity index (χ1n) is 3.36. The molecule has 1 heterocycles. The van der Waals surface area contributed by atoms with E-state index in [1.807, 2.05) is 6.08 Å². The van der Waals surface area contributed by atoms with Crippen LogP contribution in [0.5, 0.6) is 0 Å². The molecule has 1 saturated heterocycles. The Labute approximate surface area is 72.4 Å². The molecule has 1 aliphatic rings. The van der Waals surface area contributed by atoms with Gasteiger partial charge in [0.05, 0.1) is 12.7 Å². The third kappa shape index (κ3) is 3.34. The molecule has 0 aromatic rings. The lowest BCUT2D eigenvalue weighted by atomic mass is 10.2. The molecule has 1 aliphatic heterocycles. The Morgan fingerprint density at radius 1 is 1.70 bits per heavy atom. The molecule has 1 N–H and O–H groups in total. The second-order valence-corrected chi connectivity index (χ2v) is 2.22. The predicted molar refractivity (Wildman–Crippen MR) is 47.7 cm³/mol. The molecule has 1 atom stereocenters. The zero-order valence-corrected chi connectivity index (χ0v) is 7.72. The third-order valence-electron chi connectivity index (χ3n) is 1.43. The summed E-state index contributed by atoms with van der Waals surface area (Å²) >= 11 is 0. The van der Waals surface area contributed by atoms with Gasteiger partial charge in [0.25, 0.3) is 0 Å². The van der Waals surface area contributed by atoms with E-state index in [2.05, 4.69) is 11.9 Å². The molecule has 1 rings (SSSR count). The van der Waals surface area contributed by atoms with Gasteiger partial charge in [-0.15, -0.1) is 23.6 Å². The fourth-order valence-electron chi connectivity index (χ4n) is 0.957. The maximum Gasteiger partial charge on any atom is 0.0734 e. The maximum atomic E-state index is 5.38. The van der Waals surface area contributed by atoms with Gasteiger partial charge < -0.3 is 10.1 Å². The monoisotopic (exact) mass is 207 g/mol. The number of hydrogen-bond acceptors (Lipinski definition) is 2. The number of hydrogen-bond donors (Lipinski definition) is 1. The Balaban J connectivity index is 0.000000810. The predicted octanol–water partition coefficient (Wildman–Crippen LogP) is 1.13. The number of nitrogens with one attached hydrogen (secondary N) is 1. The second kappa shape index (κ2) is 5.89. The SMILES string of the molecule is Br.C=CCC1CNCCO1. The van der Waals surface area contributed by atoms with E-state index in [1.54, 1.807) is 0 Å². The van der Waals surface area contributed by atoms with Crippen molar-refractivity contribution in [1.82, 2.24) is 5.32 Å². The van der Waals surface area contributed by atoms with Crippen LogP contribution in [-0.4, -0.2) is 25.8 Å². The molecule has 0 aliphatic carbocycles. The Morgan fingerprint density at radius 2 is 2.50 bits per heavy atom. The first-order chi connectivity index (χ1) is 4.43. The topological polar surface area (TPSA) is 21.3 Å². The molecule has 0 amide bonds. The minimum absolute atomic E-state index is 0. The van der Waals surface area contributed by atoms with Gasteiger partial charge in [-0.3, -0.25) is 0 Å². The highest BCUT2D eigenvalue weighted by atomic mass is 79.9. The number of rotatable bonds is 2. The molecule has 2 nitrogen and oxygen atoms in total. The fourth-order valence-corrected chi connectivity index (χ4v) is 0.957. The highest BCUT2D eigenvalue weighted by Crippen LogP contribution is 2.00. The van der Waals surface area contributed by atoms with Gasteiger partial charge in [-0.1, -0.05) is 6.08 Å². The van der Waals surface area contributed by atoms with Crippen molar-refractivity contribution in [1.29, 1.82) is 0 Å². The summed E-state index contributed by atoms with van der Waals surface area (Å²) in [5, 5.41) is 3.25. The molecule has 0 bridgehead atoms. The minimum Gasteiger partial charge on any atom is -0.375 e. The van der Waals surface area contributed by atoms with Crippen LogP contribution in [0, 0.1) is 0 Å². The summed E-state index contributed by atoms with van der Waals surface area (Å²) in [5.41, 5.74) is 0. The van der Waals surface area contributed by atoms with Crippen LogP contribution in [0.1, 0.15) is 6.42 Å². The van der Waals surface area contributed by atoms with Gasteiger partial charge in [0.15, 0.2) is 0 Å². The van der Waals surface area contributed by atoms with Gasteiger partial charge in [0, 0.05) is 13.1 Å². The van der Waals surface area contributed by atoms with Crippen molar-refractivity contribution in [3.63, 3.8) is 0 Å². The highest BCUT2D eigenvalue weighted by Gasteiger charge is 2.09. The number of morpholine rings is 1. The van der Waals surface area contributed by atoms with Crippen LogP contribution in [-0.2, 0) is 4.74 Å². The van der Waals surface area contributed by atoms with E-state index in [0.717, 1.165) is 26.1 Å². The summed E-state index contributed by atoms with van der Waals surface area (Å²) in [4.78, 5) is 0. The van der Waals surface area contributed by atoms with Gasteiger partial charge >= 0.3 is 0 Å². The average Bonchev–Trinajstić information content (AvgIpc) is 1.91. The lowest BCUT2D eigenvalue weighted by Crippen LogP contribution is -2.38. The highest BCUT2D eigenvalue weighted by molar-refractivity contribution is 8.93. The molecular formula is C7H14BrNO. The zero-order valence-electron chi connectivity index (χ0n) is 6.01. The van der Waals surface area contributed by atoms with Crippen LogP contribution in [0.25, 0.3) is 0 Å². The second-order valence-electron chi connectivity index (χ2n) is 2.22. The van der Waals surface area contributed by atoms with Crippen molar-refractivity contribution >= 4 is 17.0 Å². The van der Waals surface area contributed by atoms with E-state index in [0.29, 0.717) is 6.10 Å². The lowest BCUT2D eigenvalue weighted by Gasteiger charge is -2.21. The smallest absolute Gasteiger partial charge is 0.0734 e. The summed E-state index contributed by atoms with van der Waals surface area (Å²) in [6.45, 7) is 6.46. The molecule has 60 valence electrons. The molecule has 0 radical (unpaired) electrons. The number of halogens is 1. The molecule has 0 aromatic carbocycles. The van der Waals surface area contributed by atoms with E-state index >= 15 is 0 Å². The summed E-state index contributed by atoms with van der Waals surface area (Å²) in [6, 6.07) is 0. The van der Waals surface area contributed by atoms with E-state index < -0.39 is 0 Å². The van der Waals surface area contributed by atoms with Crippen LogP contribution in [0.3, 0.4) is 0 Å².